The summed E-state index contributed by atoms with van der Waals surface area (Å²) in [7, 11) is 0. The van der Waals surface area contributed by atoms with Gasteiger partial charge in [0.15, 0.2) is 5.75 Å². The predicted molar refractivity (Wildman–Crippen MR) is 76.9 cm³/mol. The van der Waals surface area contributed by atoms with Gasteiger partial charge >= 0.3 is 0 Å². The van der Waals surface area contributed by atoms with E-state index in [2.05, 4.69) is 28.7 Å². The van der Waals surface area contributed by atoms with Gasteiger partial charge in [-0.05, 0) is 46.2 Å². The molecule has 3 nitrogen and oxygen atoms in total. The second-order valence-electron chi connectivity index (χ2n) is 3.36. The van der Waals surface area contributed by atoms with Crippen LogP contribution in [0.25, 0.3) is 0 Å². The van der Waals surface area contributed by atoms with Crippen LogP contribution in [0, 0.1) is 14.9 Å². The summed E-state index contributed by atoms with van der Waals surface area (Å²) in [5, 5.41) is 10.8. The Kier molecular flexibility index (Phi) is 3.86. The van der Waals surface area contributed by atoms with E-state index < -0.39 is 0 Å². The standard InChI is InChI=1S/C12H9IN2OS/c13-10-4-8(6-14)5-11(15)12(10)16-7-9-2-1-3-17-9/h1-5H,7,15H2. The van der Waals surface area contributed by atoms with Crippen LogP contribution in [0.3, 0.4) is 0 Å². The molecule has 2 rings (SSSR count). The molecule has 1 heterocycles. The maximum Gasteiger partial charge on any atom is 0.156 e. The zero-order valence-electron chi connectivity index (χ0n) is 8.81. The van der Waals surface area contributed by atoms with Crippen molar-refractivity contribution in [1.29, 1.82) is 5.26 Å². The van der Waals surface area contributed by atoms with Crippen molar-refractivity contribution < 1.29 is 4.74 Å². The molecule has 0 saturated heterocycles. The first-order chi connectivity index (χ1) is 8.20. The molecule has 0 amide bonds. The van der Waals surface area contributed by atoms with Crippen LogP contribution in [-0.4, -0.2) is 0 Å². The first-order valence-corrected chi connectivity index (χ1v) is 6.81. The fourth-order valence-corrected chi connectivity index (χ4v) is 2.79. The van der Waals surface area contributed by atoms with Crippen molar-refractivity contribution in [2.24, 2.45) is 0 Å². The SMILES string of the molecule is N#Cc1cc(N)c(OCc2cccs2)c(I)c1. The molecule has 0 unspecified atom stereocenters. The van der Waals surface area contributed by atoms with Gasteiger partial charge in [-0.1, -0.05) is 6.07 Å². The van der Waals surface area contributed by atoms with Gasteiger partial charge in [0.2, 0.25) is 0 Å². The molecule has 0 fully saturated rings. The molecular formula is C12H9IN2OS. The Labute approximate surface area is 117 Å². The highest BCUT2D eigenvalue weighted by molar-refractivity contribution is 14.1. The minimum Gasteiger partial charge on any atom is -0.485 e. The summed E-state index contributed by atoms with van der Waals surface area (Å²) in [6, 6.07) is 9.46. The van der Waals surface area contributed by atoms with Crippen molar-refractivity contribution >= 4 is 39.6 Å². The van der Waals surface area contributed by atoms with Crippen molar-refractivity contribution in [2.45, 2.75) is 6.61 Å². The van der Waals surface area contributed by atoms with Crippen LogP contribution in [-0.2, 0) is 6.61 Å². The second kappa shape index (κ2) is 5.38. The Morgan fingerprint density at radius 3 is 2.88 bits per heavy atom. The summed E-state index contributed by atoms with van der Waals surface area (Å²) in [4.78, 5) is 1.14. The minimum atomic E-state index is 0.504. The molecule has 1 aromatic heterocycles. The molecule has 0 bridgehead atoms. The van der Waals surface area contributed by atoms with Crippen molar-refractivity contribution in [3.05, 3.63) is 43.7 Å². The van der Waals surface area contributed by atoms with Crippen molar-refractivity contribution in [3.63, 3.8) is 0 Å². The lowest BCUT2D eigenvalue weighted by Gasteiger charge is -2.10. The van der Waals surface area contributed by atoms with E-state index in [-0.39, 0.29) is 0 Å². The molecule has 0 atom stereocenters. The van der Waals surface area contributed by atoms with E-state index >= 15 is 0 Å². The number of nitrogen functional groups attached to an aromatic ring is 1. The van der Waals surface area contributed by atoms with Crippen LogP contribution >= 0.6 is 33.9 Å². The first kappa shape index (κ1) is 12.2. The zero-order valence-corrected chi connectivity index (χ0v) is 11.8. The zero-order chi connectivity index (χ0) is 12.3. The number of thiophene rings is 1. The third kappa shape index (κ3) is 2.90. The van der Waals surface area contributed by atoms with Gasteiger partial charge in [0.25, 0.3) is 0 Å². The third-order valence-corrected chi connectivity index (χ3v) is 3.79. The first-order valence-electron chi connectivity index (χ1n) is 4.85. The van der Waals surface area contributed by atoms with Gasteiger partial charge < -0.3 is 10.5 Å². The highest BCUT2D eigenvalue weighted by atomic mass is 127. The number of anilines is 1. The largest absolute Gasteiger partial charge is 0.485 e. The summed E-state index contributed by atoms with van der Waals surface area (Å²) in [6.07, 6.45) is 0. The molecule has 17 heavy (non-hydrogen) atoms. The van der Waals surface area contributed by atoms with E-state index in [4.69, 9.17) is 15.7 Å². The van der Waals surface area contributed by atoms with Gasteiger partial charge in [0.1, 0.15) is 6.61 Å². The molecule has 0 radical (unpaired) electrons. The lowest BCUT2D eigenvalue weighted by Crippen LogP contribution is -2.00. The lowest BCUT2D eigenvalue weighted by atomic mass is 10.2. The Bertz CT molecular complexity index is 537. The van der Waals surface area contributed by atoms with Gasteiger partial charge in [-0.2, -0.15) is 5.26 Å². The Balaban J connectivity index is 2.19. The van der Waals surface area contributed by atoms with Crippen molar-refractivity contribution in [3.8, 4) is 11.8 Å². The lowest BCUT2D eigenvalue weighted by molar-refractivity contribution is 0.309. The van der Waals surface area contributed by atoms with E-state index in [9.17, 15) is 0 Å². The number of nitrogens with zero attached hydrogens (tertiary/aromatic N) is 1. The average Bonchev–Trinajstić information content (AvgIpc) is 2.80. The highest BCUT2D eigenvalue weighted by Gasteiger charge is 2.08. The van der Waals surface area contributed by atoms with Gasteiger partial charge in [-0.3, -0.25) is 0 Å². The maximum absolute atomic E-state index is 8.81. The van der Waals surface area contributed by atoms with E-state index in [1.807, 2.05) is 17.5 Å². The van der Waals surface area contributed by atoms with E-state index in [0.29, 0.717) is 23.6 Å². The fraction of sp³-hybridized carbons (Fsp3) is 0.0833. The molecule has 0 saturated carbocycles. The number of benzene rings is 1. The Morgan fingerprint density at radius 2 is 2.29 bits per heavy atom. The number of rotatable bonds is 3. The van der Waals surface area contributed by atoms with Crippen LogP contribution in [0.5, 0.6) is 5.75 Å². The van der Waals surface area contributed by atoms with Gasteiger partial charge in [-0.25, -0.2) is 0 Å². The van der Waals surface area contributed by atoms with Crippen LogP contribution in [0.1, 0.15) is 10.4 Å². The predicted octanol–water partition coefficient (Wildman–Crippen LogP) is 3.39. The monoisotopic (exact) mass is 356 g/mol. The topological polar surface area (TPSA) is 59.0 Å². The van der Waals surface area contributed by atoms with Crippen LogP contribution < -0.4 is 10.5 Å². The van der Waals surface area contributed by atoms with E-state index in [0.717, 1.165) is 8.45 Å². The fourth-order valence-electron chi connectivity index (χ4n) is 1.37. The number of nitriles is 1. The summed E-state index contributed by atoms with van der Waals surface area (Å²) < 4.78 is 6.54. The smallest absolute Gasteiger partial charge is 0.156 e. The molecule has 0 aliphatic heterocycles. The van der Waals surface area contributed by atoms with Gasteiger partial charge in [0.05, 0.1) is 20.9 Å². The van der Waals surface area contributed by atoms with Crippen molar-refractivity contribution in [1.82, 2.24) is 0 Å². The summed E-state index contributed by atoms with van der Waals surface area (Å²) in [6.45, 7) is 0.504. The van der Waals surface area contributed by atoms with Crippen LogP contribution in [0.2, 0.25) is 0 Å². The molecule has 5 heteroatoms. The molecular weight excluding hydrogens is 347 g/mol. The molecule has 86 valence electrons. The summed E-state index contributed by atoms with van der Waals surface area (Å²) in [5.74, 6) is 0.651. The molecule has 0 aliphatic rings. The summed E-state index contributed by atoms with van der Waals surface area (Å²) >= 11 is 3.76. The van der Waals surface area contributed by atoms with Crippen LogP contribution in [0.15, 0.2) is 29.6 Å². The third-order valence-electron chi connectivity index (χ3n) is 2.14. The highest BCUT2D eigenvalue weighted by Crippen LogP contribution is 2.30. The Hall–Kier alpha value is -1.26. The Morgan fingerprint density at radius 1 is 1.47 bits per heavy atom. The number of ether oxygens (including phenoxy) is 1. The van der Waals surface area contributed by atoms with E-state index in [1.165, 1.54) is 0 Å². The van der Waals surface area contributed by atoms with Crippen molar-refractivity contribution in [2.75, 3.05) is 5.73 Å². The van der Waals surface area contributed by atoms with Crippen LogP contribution in [0.4, 0.5) is 5.69 Å². The normalized spacial score (nSPS) is 9.88. The molecule has 2 aromatic rings. The number of nitrogens with two attached hydrogens (primary N) is 1. The number of hydrogen-bond donors (Lipinski definition) is 1. The second-order valence-corrected chi connectivity index (χ2v) is 5.55. The number of halogens is 1. The number of hydrogen-bond acceptors (Lipinski definition) is 4. The molecule has 1 aromatic carbocycles. The maximum atomic E-state index is 8.81. The molecule has 0 aliphatic carbocycles. The van der Waals surface area contributed by atoms with E-state index in [1.54, 1.807) is 23.5 Å². The summed E-state index contributed by atoms with van der Waals surface area (Å²) in [5.41, 5.74) is 6.92. The average molecular weight is 356 g/mol. The van der Waals surface area contributed by atoms with Gasteiger partial charge in [0, 0.05) is 4.88 Å². The molecule has 2 N–H and O–H groups in total. The quantitative estimate of drug-likeness (QED) is 0.678. The minimum absolute atomic E-state index is 0.504. The van der Waals surface area contributed by atoms with Gasteiger partial charge in [-0.15, -0.1) is 11.3 Å². The molecule has 0 spiro atoms.